The summed E-state index contributed by atoms with van der Waals surface area (Å²) in [5.41, 5.74) is 0. The maximum absolute atomic E-state index is 11.6. The Morgan fingerprint density at radius 1 is 1.09 bits per heavy atom. The average Bonchev–Trinajstić information content (AvgIpc) is 2.41. The molecule has 0 aliphatic heterocycles. The second-order valence-corrected chi connectivity index (χ2v) is 6.70. The Labute approximate surface area is 146 Å². The molecule has 0 aromatic heterocycles. The minimum absolute atomic E-state index is 0.229. The Kier molecular flexibility index (Phi) is 8.99. The molecule has 3 nitrogen and oxygen atoms in total. The second-order valence-electron chi connectivity index (χ2n) is 5.45. The molecular weight excluding hydrogens is 347 g/mol. The van der Waals surface area contributed by atoms with Crippen LogP contribution in [0.4, 0.5) is 0 Å². The van der Waals surface area contributed by atoms with E-state index < -0.39 is 5.97 Å². The van der Waals surface area contributed by atoms with E-state index in [1.54, 1.807) is 0 Å². The van der Waals surface area contributed by atoms with E-state index in [1.807, 2.05) is 0 Å². The predicted octanol–water partition coefficient (Wildman–Crippen LogP) is 5.79. The lowest BCUT2D eigenvalue weighted by Gasteiger charge is -2.10. The molecule has 0 bridgehead atoms. The first-order chi connectivity index (χ1) is 10.4. The molecule has 1 aromatic rings. The van der Waals surface area contributed by atoms with Gasteiger partial charge in [0.2, 0.25) is 0 Å². The van der Waals surface area contributed by atoms with E-state index in [4.69, 9.17) is 44.3 Å². The van der Waals surface area contributed by atoms with Crippen LogP contribution in [0.2, 0.25) is 15.1 Å². The van der Waals surface area contributed by atoms with Gasteiger partial charge < -0.3 is 9.47 Å². The van der Waals surface area contributed by atoms with E-state index >= 15 is 0 Å². The van der Waals surface area contributed by atoms with E-state index in [9.17, 15) is 4.79 Å². The van der Waals surface area contributed by atoms with Gasteiger partial charge in [0.1, 0.15) is 0 Å². The van der Waals surface area contributed by atoms with Gasteiger partial charge in [-0.2, -0.15) is 0 Å². The van der Waals surface area contributed by atoms with Crippen molar-refractivity contribution in [3.63, 3.8) is 0 Å². The van der Waals surface area contributed by atoms with Gasteiger partial charge in [0.05, 0.1) is 16.7 Å². The van der Waals surface area contributed by atoms with Crippen molar-refractivity contribution in [2.45, 2.75) is 39.5 Å². The van der Waals surface area contributed by atoms with Crippen LogP contribution in [0, 0.1) is 5.92 Å². The van der Waals surface area contributed by atoms with Crippen molar-refractivity contribution in [3.8, 4) is 5.75 Å². The summed E-state index contributed by atoms with van der Waals surface area (Å²) in [4.78, 5) is 11.6. The summed E-state index contributed by atoms with van der Waals surface area (Å²) in [6, 6.07) is 3.01. The van der Waals surface area contributed by atoms with Gasteiger partial charge in [0.25, 0.3) is 0 Å². The van der Waals surface area contributed by atoms with Crippen LogP contribution in [0.3, 0.4) is 0 Å². The smallest absolute Gasteiger partial charge is 0.344 e. The van der Waals surface area contributed by atoms with Crippen molar-refractivity contribution in [1.82, 2.24) is 0 Å². The molecule has 0 N–H and O–H groups in total. The fraction of sp³-hybridized carbons (Fsp3) is 0.562. The number of esters is 1. The molecule has 0 fully saturated rings. The first-order valence-electron chi connectivity index (χ1n) is 7.33. The minimum atomic E-state index is -0.439. The monoisotopic (exact) mass is 366 g/mol. The van der Waals surface area contributed by atoms with Crippen LogP contribution in [0.25, 0.3) is 0 Å². The molecule has 22 heavy (non-hydrogen) atoms. The zero-order valence-corrected chi connectivity index (χ0v) is 15.1. The predicted molar refractivity (Wildman–Crippen MR) is 91.2 cm³/mol. The van der Waals surface area contributed by atoms with Gasteiger partial charge in [-0.25, -0.2) is 4.79 Å². The third-order valence-electron chi connectivity index (χ3n) is 2.99. The maximum Gasteiger partial charge on any atom is 0.344 e. The highest BCUT2D eigenvalue weighted by molar-refractivity contribution is 6.40. The second kappa shape index (κ2) is 10.2. The van der Waals surface area contributed by atoms with Gasteiger partial charge in [-0.1, -0.05) is 67.9 Å². The van der Waals surface area contributed by atoms with Gasteiger partial charge in [-0.05, 0) is 24.5 Å². The molecule has 1 rings (SSSR count). The third-order valence-corrected chi connectivity index (χ3v) is 3.77. The summed E-state index contributed by atoms with van der Waals surface area (Å²) in [6.07, 6.45) is 4.27. The van der Waals surface area contributed by atoms with Crippen LogP contribution in [0.15, 0.2) is 12.1 Å². The lowest BCUT2D eigenvalue weighted by atomic mass is 10.1. The van der Waals surface area contributed by atoms with Gasteiger partial charge in [0.15, 0.2) is 12.4 Å². The molecule has 0 saturated carbocycles. The summed E-state index contributed by atoms with van der Waals surface area (Å²) in [5.74, 6) is 0.511. The highest BCUT2D eigenvalue weighted by Gasteiger charge is 2.12. The van der Waals surface area contributed by atoms with Crippen molar-refractivity contribution >= 4 is 40.8 Å². The van der Waals surface area contributed by atoms with E-state index in [0.717, 1.165) is 19.3 Å². The third kappa shape index (κ3) is 7.57. The molecular formula is C16H21Cl3O3. The molecule has 0 amide bonds. The zero-order valence-electron chi connectivity index (χ0n) is 12.8. The molecule has 0 saturated heterocycles. The van der Waals surface area contributed by atoms with Crippen molar-refractivity contribution in [1.29, 1.82) is 0 Å². The number of benzene rings is 1. The number of carbonyl (C=O) groups excluding carboxylic acids is 1. The zero-order chi connectivity index (χ0) is 16.5. The molecule has 0 unspecified atom stereocenters. The topological polar surface area (TPSA) is 35.5 Å². The molecule has 0 aliphatic rings. The minimum Gasteiger partial charge on any atom is -0.479 e. The number of carbonyl (C=O) groups is 1. The van der Waals surface area contributed by atoms with Crippen molar-refractivity contribution < 1.29 is 14.3 Å². The SMILES string of the molecule is CC(C)CCCCCOC(=O)COc1c(Cl)cc(Cl)cc1Cl. The summed E-state index contributed by atoms with van der Waals surface area (Å²) in [7, 11) is 0. The Morgan fingerprint density at radius 3 is 2.32 bits per heavy atom. The molecule has 1 aromatic carbocycles. The quantitative estimate of drug-likeness (QED) is 0.409. The van der Waals surface area contributed by atoms with Crippen molar-refractivity contribution in [3.05, 3.63) is 27.2 Å². The lowest BCUT2D eigenvalue weighted by molar-refractivity contribution is -0.146. The van der Waals surface area contributed by atoms with E-state index in [-0.39, 0.29) is 22.4 Å². The molecule has 0 spiro atoms. The van der Waals surface area contributed by atoms with Crippen LogP contribution in [0.1, 0.15) is 39.5 Å². The van der Waals surface area contributed by atoms with Crippen LogP contribution in [0.5, 0.6) is 5.75 Å². The van der Waals surface area contributed by atoms with Gasteiger partial charge >= 0.3 is 5.97 Å². The average molecular weight is 368 g/mol. The normalized spacial score (nSPS) is 10.8. The Morgan fingerprint density at radius 2 is 1.73 bits per heavy atom. The number of rotatable bonds is 9. The van der Waals surface area contributed by atoms with Gasteiger partial charge in [-0.15, -0.1) is 0 Å². The van der Waals surface area contributed by atoms with Gasteiger partial charge in [-0.3, -0.25) is 0 Å². The summed E-state index contributed by atoms with van der Waals surface area (Å²) in [5, 5.41) is 0.935. The van der Waals surface area contributed by atoms with Crippen LogP contribution in [-0.2, 0) is 9.53 Å². The maximum atomic E-state index is 11.6. The summed E-state index contributed by atoms with van der Waals surface area (Å²) in [6.45, 7) is 4.57. The van der Waals surface area contributed by atoms with E-state index in [0.29, 0.717) is 17.5 Å². The van der Waals surface area contributed by atoms with Crippen LogP contribution in [-0.4, -0.2) is 19.2 Å². The molecule has 0 radical (unpaired) electrons. The summed E-state index contributed by atoms with van der Waals surface area (Å²) >= 11 is 17.7. The van der Waals surface area contributed by atoms with Crippen LogP contribution >= 0.6 is 34.8 Å². The Bertz CT molecular complexity index is 467. The Hall–Kier alpha value is -0.640. The van der Waals surface area contributed by atoms with Crippen molar-refractivity contribution in [2.75, 3.05) is 13.2 Å². The highest BCUT2D eigenvalue weighted by Crippen LogP contribution is 2.35. The molecule has 6 heteroatoms. The fourth-order valence-corrected chi connectivity index (χ4v) is 2.78. The van der Waals surface area contributed by atoms with E-state index in [2.05, 4.69) is 13.8 Å². The largest absolute Gasteiger partial charge is 0.479 e. The molecule has 0 heterocycles. The number of hydrogen-bond acceptors (Lipinski definition) is 3. The van der Waals surface area contributed by atoms with Gasteiger partial charge in [0, 0.05) is 5.02 Å². The first kappa shape index (κ1) is 19.4. The number of ether oxygens (including phenoxy) is 2. The number of unbranched alkanes of at least 4 members (excludes halogenated alkanes) is 2. The first-order valence-corrected chi connectivity index (χ1v) is 8.46. The standard InChI is InChI=1S/C16H21Cl3O3/c1-11(2)6-4-3-5-7-21-15(20)10-22-16-13(18)8-12(17)9-14(16)19/h8-9,11H,3-7,10H2,1-2H3. The van der Waals surface area contributed by atoms with E-state index in [1.165, 1.54) is 18.6 Å². The summed E-state index contributed by atoms with van der Waals surface area (Å²) < 4.78 is 10.4. The fourth-order valence-electron chi connectivity index (χ4n) is 1.86. The number of halogens is 3. The highest BCUT2D eigenvalue weighted by atomic mass is 35.5. The number of hydrogen-bond donors (Lipinski definition) is 0. The Balaban J connectivity index is 2.24. The molecule has 0 aliphatic carbocycles. The van der Waals surface area contributed by atoms with Crippen LogP contribution < -0.4 is 4.74 Å². The molecule has 124 valence electrons. The molecule has 0 atom stereocenters. The lowest BCUT2D eigenvalue weighted by Crippen LogP contribution is -2.15. The van der Waals surface area contributed by atoms with Crippen molar-refractivity contribution in [2.24, 2.45) is 5.92 Å².